The summed E-state index contributed by atoms with van der Waals surface area (Å²) in [4.78, 5) is 0.128. The number of rotatable bonds is 5. The van der Waals surface area contributed by atoms with Gasteiger partial charge in [0.1, 0.15) is 0 Å². The SMILES string of the molecule is Cc1cc(S(=O)(=O)NCC(O)CO)ccc1Br. The quantitative estimate of drug-likeness (QED) is 0.731. The van der Waals surface area contributed by atoms with Crippen LogP contribution in [0.5, 0.6) is 0 Å². The van der Waals surface area contributed by atoms with Crippen LogP contribution in [0.3, 0.4) is 0 Å². The maximum Gasteiger partial charge on any atom is 0.240 e. The van der Waals surface area contributed by atoms with Crippen LogP contribution in [0.25, 0.3) is 0 Å². The third-order valence-electron chi connectivity index (χ3n) is 2.16. The van der Waals surface area contributed by atoms with Crippen molar-refractivity contribution < 1.29 is 18.6 Å². The highest BCUT2D eigenvalue weighted by Crippen LogP contribution is 2.19. The van der Waals surface area contributed by atoms with Crippen LogP contribution in [0, 0.1) is 6.92 Å². The molecule has 1 rings (SSSR count). The van der Waals surface area contributed by atoms with Gasteiger partial charge in [0.05, 0.1) is 17.6 Å². The minimum atomic E-state index is -3.65. The van der Waals surface area contributed by atoms with Gasteiger partial charge in [-0.15, -0.1) is 0 Å². The number of sulfonamides is 1. The van der Waals surface area contributed by atoms with E-state index in [1.807, 2.05) is 0 Å². The normalized spacial score (nSPS) is 13.6. The molecule has 1 unspecified atom stereocenters. The molecule has 0 aromatic heterocycles. The molecule has 0 bridgehead atoms. The predicted molar refractivity (Wildman–Crippen MR) is 67.2 cm³/mol. The van der Waals surface area contributed by atoms with Gasteiger partial charge in [-0.3, -0.25) is 0 Å². The Bertz CT molecular complexity index is 489. The number of halogens is 1. The molecule has 0 saturated heterocycles. The van der Waals surface area contributed by atoms with Crippen molar-refractivity contribution in [2.45, 2.75) is 17.9 Å². The molecule has 17 heavy (non-hydrogen) atoms. The van der Waals surface area contributed by atoms with Gasteiger partial charge in [-0.05, 0) is 30.7 Å². The fourth-order valence-electron chi connectivity index (χ4n) is 1.14. The Morgan fingerprint density at radius 2 is 2.12 bits per heavy atom. The molecule has 0 aliphatic carbocycles. The zero-order valence-electron chi connectivity index (χ0n) is 9.22. The minimum Gasteiger partial charge on any atom is -0.394 e. The van der Waals surface area contributed by atoms with E-state index < -0.39 is 22.7 Å². The molecule has 0 amide bonds. The maximum absolute atomic E-state index is 11.8. The van der Waals surface area contributed by atoms with Gasteiger partial charge in [-0.2, -0.15) is 0 Å². The first kappa shape index (κ1) is 14.6. The van der Waals surface area contributed by atoms with Gasteiger partial charge in [0.2, 0.25) is 10.0 Å². The van der Waals surface area contributed by atoms with Gasteiger partial charge in [-0.1, -0.05) is 15.9 Å². The predicted octanol–water partition coefficient (Wildman–Crippen LogP) is 0.389. The Hall–Kier alpha value is -0.470. The number of aliphatic hydroxyl groups is 2. The minimum absolute atomic E-state index is 0.128. The monoisotopic (exact) mass is 323 g/mol. The van der Waals surface area contributed by atoms with Crippen molar-refractivity contribution in [1.29, 1.82) is 0 Å². The molecule has 1 atom stereocenters. The van der Waals surface area contributed by atoms with E-state index in [9.17, 15) is 8.42 Å². The highest BCUT2D eigenvalue weighted by molar-refractivity contribution is 9.10. The lowest BCUT2D eigenvalue weighted by atomic mass is 10.2. The number of hydrogen-bond donors (Lipinski definition) is 3. The molecule has 0 fully saturated rings. The Kier molecular flexibility index (Phi) is 5.08. The molecule has 0 aliphatic heterocycles. The number of hydrogen-bond acceptors (Lipinski definition) is 4. The number of aryl methyl sites for hydroxylation is 1. The van der Waals surface area contributed by atoms with Crippen LogP contribution in [-0.4, -0.2) is 37.9 Å². The second-order valence-corrected chi connectivity index (χ2v) is 6.22. The smallest absolute Gasteiger partial charge is 0.240 e. The average Bonchev–Trinajstić information content (AvgIpc) is 2.29. The zero-order chi connectivity index (χ0) is 13.1. The topological polar surface area (TPSA) is 86.6 Å². The molecule has 0 aliphatic rings. The van der Waals surface area contributed by atoms with Crippen molar-refractivity contribution in [3.05, 3.63) is 28.2 Å². The summed E-state index contributed by atoms with van der Waals surface area (Å²) >= 11 is 3.28. The highest BCUT2D eigenvalue weighted by atomic mass is 79.9. The summed E-state index contributed by atoms with van der Waals surface area (Å²) in [7, 11) is -3.65. The third kappa shape index (κ3) is 4.04. The van der Waals surface area contributed by atoms with Crippen molar-refractivity contribution >= 4 is 26.0 Å². The summed E-state index contributed by atoms with van der Waals surface area (Å²) in [6.45, 7) is 1.08. The molecule has 96 valence electrons. The molecular weight excluding hydrogens is 310 g/mol. The lowest BCUT2D eigenvalue weighted by molar-refractivity contribution is 0.0988. The molecule has 0 heterocycles. The van der Waals surface area contributed by atoms with E-state index in [0.717, 1.165) is 10.0 Å². The van der Waals surface area contributed by atoms with E-state index in [2.05, 4.69) is 20.7 Å². The molecule has 0 radical (unpaired) electrons. The molecule has 1 aromatic carbocycles. The summed E-state index contributed by atoms with van der Waals surface area (Å²) in [6.07, 6.45) is -1.10. The van der Waals surface area contributed by atoms with E-state index in [1.165, 1.54) is 12.1 Å². The Labute approximate surface area is 109 Å². The van der Waals surface area contributed by atoms with Crippen LogP contribution in [0.15, 0.2) is 27.6 Å². The molecule has 3 N–H and O–H groups in total. The van der Waals surface area contributed by atoms with Gasteiger partial charge in [-0.25, -0.2) is 13.1 Å². The van der Waals surface area contributed by atoms with E-state index in [-0.39, 0.29) is 11.4 Å². The molecular formula is C10H14BrNO4S. The Morgan fingerprint density at radius 1 is 1.47 bits per heavy atom. The van der Waals surface area contributed by atoms with Crippen molar-refractivity contribution in [3.8, 4) is 0 Å². The first-order valence-electron chi connectivity index (χ1n) is 4.91. The first-order valence-corrected chi connectivity index (χ1v) is 7.19. The van der Waals surface area contributed by atoms with Gasteiger partial charge >= 0.3 is 0 Å². The maximum atomic E-state index is 11.8. The summed E-state index contributed by atoms with van der Waals surface area (Å²) in [5.74, 6) is 0. The molecule has 5 nitrogen and oxygen atoms in total. The highest BCUT2D eigenvalue weighted by Gasteiger charge is 2.16. The van der Waals surface area contributed by atoms with Crippen molar-refractivity contribution in [2.75, 3.05) is 13.2 Å². The average molecular weight is 324 g/mol. The van der Waals surface area contributed by atoms with Crippen LogP contribution < -0.4 is 4.72 Å². The molecule has 0 saturated carbocycles. The van der Waals surface area contributed by atoms with Crippen molar-refractivity contribution in [2.24, 2.45) is 0 Å². The second-order valence-electron chi connectivity index (χ2n) is 3.60. The number of aliphatic hydroxyl groups excluding tert-OH is 2. The first-order chi connectivity index (χ1) is 7.86. The summed E-state index contributed by atoms with van der Waals surface area (Å²) in [6, 6.07) is 4.63. The van der Waals surface area contributed by atoms with Crippen LogP contribution in [0.2, 0.25) is 0 Å². The van der Waals surface area contributed by atoms with Gasteiger partial charge < -0.3 is 10.2 Å². The van der Waals surface area contributed by atoms with Crippen LogP contribution >= 0.6 is 15.9 Å². The fourth-order valence-corrected chi connectivity index (χ4v) is 2.54. The number of benzene rings is 1. The molecule has 7 heteroatoms. The molecule has 0 spiro atoms. The van der Waals surface area contributed by atoms with E-state index in [1.54, 1.807) is 13.0 Å². The van der Waals surface area contributed by atoms with Gasteiger partial charge in [0, 0.05) is 11.0 Å². The lowest BCUT2D eigenvalue weighted by Crippen LogP contribution is -2.33. The Balaban J connectivity index is 2.86. The number of nitrogens with one attached hydrogen (secondary N) is 1. The van der Waals surface area contributed by atoms with Gasteiger partial charge in [0.15, 0.2) is 0 Å². The van der Waals surface area contributed by atoms with E-state index >= 15 is 0 Å². The zero-order valence-corrected chi connectivity index (χ0v) is 11.6. The van der Waals surface area contributed by atoms with Gasteiger partial charge in [0.25, 0.3) is 0 Å². The van der Waals surface area contributed by atoms with Crippen molar-refractivity contribution in [3.63, 3.8) is 0 Å². The fraction of sp³-hybridized carbons (Fsp3) is 0.400. The lowest BCUT2D eigenvalue weighted by Gasteiger charge is -2.10. The standard InChI is InChI=1S/C10H14BrNO4S/c1-7-4-9(2-3-10(7)11)17(15,16)12-5-8(14)6-13/h2-4,8,12-14H,5-6H2,1H3. The second kappa shape index (κ2) is 5.92. The third-order valence-corrected chi connectivity index (χ3v) is 4.47. The summed E-state index contributed by atoms with van der Waals surface area (Å²) < 4.78 is 26.6. The van der Waals surface area contributed by atoms with E-state index in [0.29, 0.717) is 0 Å². The van der Waals surface area contributed by atoms with Crippen LogP contribution in [0.4, 0.5) is 0 Å². The van der Waals surface area contributed by atoms with Crippen LogP contribution in [-0.2, 0) is 10.0 Å². The summed E-state index contributed by atoms with van der Waals surface area (Å²) in [5, 5.41) is 17.7. The molecule has 1 aromatic rings. The van der Waals surface area contributed by atoms with Crippen molar-refractivity contribution in [1.82, 2.24) is 4.72 Å². The van der Waals surface area contributed by atoms with E-state index in [4.69, 9.17) is 10.2 Å². The Morgan fingerprint density at radius 3 is 2.65 bits per heavy atom. The summed E-state index contributed by atoms with van der Waals surface area (Å²) in [5.41, 5.74) is 0.801. The van der Waals surface area contributed by atoms with Crippen LogP contribution in [0.1, 0.15) is 5.56 Å². The largest absolute Gasteiger partial charge is 0.394 e.